The highest BCUT2D eigenvalue weighted by molar-refractivity contribution is 8.04. The normalized spacial score (nSPS) is 28.4. The van der Waals surface area contributed by atoms with Crippen molar-refractivity contribution >= 4 is 29.7 Å². The molecule has 5 atom stereocenters. The minimum Gasteiger partial charge on any atom is -0.356 e. The van der Waals surface area contributed by atoms with Gasteiger partial charge in [-0.2, -0.15) is 0 Å². The number of likely N-dealkylation sites (tertiary alicyclic amines) is 1. The Morgan fingerprint density at radius 1 is 1.02 bits per heavy atom. The van der Waals surface area contributed by atoms with E-state index in [0.29, 0.717) is 11.8 Å². The van der Waals surface area contributed by atoms with Crippen LogP contribution in [0.1, 0.15) is 62.6 Å². The maximum absolute atomic E-state index is 13.9. The highest BCUT2D eigenvalue weighted by Crippen LogP contribution is 2.44. The van der Waals surface area contributed by atoms with Gasteiger partial charge < -0.3 is 15.1 Å². The predicted molar refractivity (Wildman–Crippen MR) is 166 cm³/mol. The number of fused-ring (bicyclic) bond motifs is 1. The monoisotopic (exact) mass is 559 g/mol. The maximum atomic E-state index is 13.9. The first-order valence-electron chi connectivity index (χ1n) is 15.2. The summed E-state index contributed by atoms with van der Waals surface area (Å²) in [5.41, 5.74) is 3.39. The Balaban J connectivity index is 1.23. The molecule has 5 rings (SSSR count). The zero-order chi connectivity index (χ0) is 28.1. The molecule has 6 heteroatoms. The van der Waals surface area contributed by atoms with Crippen molar-refractivity contribution in [3.05, 3.63) is 76.2 Å². The Morgan fingerprint density at radius 3 is 2.55 bits per heavy atom. The summed E-state index contributed by atoms with van der Waals surface area (Å²) in [4.78, 5) is 32.6. The molecule has 1 aliphatic carbocycles. The van der Waals surface area contributed by atoms with E-state index < -0.39 is 0 Å². The number of piperidine rings is 1. The molecule has 2 heterocycles. The van der Waals surface area contributed by atoms with Gasteiger partial charge in [0.1, 0.15) is 0 Å². The Bertz CT molecular complexity index is 1190. The Labute approximate surface area is 244 Å². The number of benzene rings is 2. The van der Waals surface area contributed by atoms with Crippen molar-refractivity contribution in [2.45, 2.75) is 70.7 Å². The predicted octanol–water partition coefficient (Wildman–Crippen LogP) is 6.13. The standard InChI is InChI=1S/C34H45N3O2S/c1-24-9-7-12-28(18-24)23-37-30-20-29(33(38)35-15-8-16-36-21-25(2)17-26(3)22-36)13-14-31(30)40-32(34(37)39)19-27-10-5-4-6-11-27/h4-7,9-12,18-19,25-26,29-31H,8,13-17,20-23H2,1-3H3,(H,35,38)/b32-19-. The van der Waals surface area contributed by atoms with Gasteiger partial charge in [-0.25, -0.2) is 0 Å². The Hall–Kier alpha value is -2.57. The molecule has 0 bridgehead atoms. The van der Waals surface area contributed by atoms with E-state index in [1.165, 1.54) is 25.1 Å². The molecule has 2 amide bonds. The minimum absolute atomic E-state index is 0.0376. The number of carbonyl (C=O) groups excluding carboxylic acids is 2. The topological polar surface area (TPSA) is 52.7 Å². The molecule has 1 saturated carbocycles. The van der Waals surface area contributed by atoms with Gasteiger partial charge in [0.2, 0.25) is 5.91 Å². The van der Waals surface area contributed by atoms with E-state index in [4.69, 9.17) is 0 Å². The number of hydrogen-bond donors (Lipinski definition) is 1. The molecule has 2 aromatic carbocycles. The lowest BCUT2D eigenvalue weighted by atomic mass is 9.83. The van der Waals surface area contributed by atoms with Crippen LogP contribution in [0.25, 0.3) is 6.08 Å². The van der Waals surface area contributed by atoms with Gasteiger partial charge in [0.05, 0.1) is 4.91 Å². The van der Waals surface area contributed by atoms with E-state index in [1.807, 2.05) is 36.4 Å². The summed E-state index contributed by atoms with van der Waals surface area (Å²) >= 11 is 1.72. The Kier molecular flexibility index (Phi) is 9.69. The van der Waals surface area contributed by atoms with Crippen LogP contribution < -0.4 is 5.32 Å². The minimum atomic E-state index is -0.0376. The van der Waals surface area contributed by atoms with Crippen molar-refractivity contribution in [1.29, 1.82) is 0 Å². The van der Waals surface area contributed by atoms with Crippen molar-refractivity contribution in [3.8, 4) is 0 Å². The van der Waals surface area contributed by atoms with Gasteiger partial charge in [-0.3, -0.25) is 9.59 Å². The number of thioether (sulfide) groups is 1. The third kappa shape index (κ3) is 7.38. The summed E-state index contributed by atoms with van der Waals surface area (Å²) in [6.45, 7) is 11.5. The van der Waals surface area contributed by atoms with E-state index in [9.17, 15) is 9.59 Å². The smallest absolute Gasteiger partial charge is 0.260 e. The van der Waals surface area contributed by atoms with Gasteiger partial charge in [-0.05, 0) is 74.6 Å². The highest BCUT2D eigenvalue weighted by Gasteiger charge is 2.44. The number of rotatable bonds is 8. The number of carbonyl (C=O) groups is 2. The third-order valence-electron chi connectivity index (χ3n) is 8.70. The van der Waals surface area contributed by atoms with Gasteiger partial charge in [0.25, 0.3) is 5.91 Å². The van der Waals surface area contributed by atoms with Crippen LogP contribution in [0.3, 0.4) is 0 Å². The summed E-state index contributed by atoms with van der Waals surface area (Å²) in [5, 5.41) is 3.56. The molecule has 0 spiro atoms. The zero-order valence-electron chi connectivity index (χ0n) is 24.4. The van der Waals surface area contributed by atoms with E-state index in [2.05, 4.69) is 60.2 Å². The summed E-state index contributed by atoms with van der Waals surface area (Å²) in [5.74, 6) is 1.73. The second-order valence-corrected chi connectivity index (χ2v) is 13.7. The second-order valence-electron chi connectivity index (χ2n) is 12.4. The van der Waals surface area contributed by atoms with Crippen molar-refractivity contribution in [2.75, 3.05) is 26.2 Å². The van der Waals surface area contributed by atoms with Crippen LogP contribution in [0.5, 0.6) is 0 Å². The third-order valence-corrected chi connectivity index (χ3v) is 10.1. The summed E-state index contributed by atoms with van der Waals surface area (Å²) < 4.78 is 0. The van der Waals surface area contributed by atoms with Crippen LogP contribution in [-0.2, 0) is 16.1 Å². The molecule has 3 aliphatic rings. The Morgan fingerprint density at radius 2 is 1.80 bits per heavy atom. The SMILES string of the molecule is Cc1cccc(CN2C(=O)/C(=C/c3ccccc3)SC3CCC(C(=O)NCCCN4CC(C)CC(C)C4)CC32)c1. The van der Waals surface area contributed by atoms with Crippen molar-refractivity contribution in [2.24, 2.45) is 17.8 Å². The first-order valence-corrected chi connectivity index (χ1v) is 16.0. The van der Waals surface area contributed by atoms with Crippen LogP contribution >= 0.6 is 11.8 Å². The van der Waals surface area contributed by atoms with E-state index in [1.54, 1.807) is 11.8 Å². The molecule has 214 valence electrons. The molecule has 2 saturated heterocycles. The molecule has 0 radical (unpaired) electrons. The number of hydrogen-bond acceptors (Lipinski definition) is 4. The summed E-state index contributed by atoms with van der Waals surface area (Å²) in [6, 6.07) is 18.6. The first-order chi connectivity index (χ1) is 19.4. The van der Waals surface area contributed by atoms with Crippen LogP contribution in [0, 0.1) is 24.7 Å². The fraction of sp³-hybridized carbons (Fsp3) is 0.529. The maximum Gasteiger partial charge on any atom is 0.260 e. The lowest BCUT2D eigenvalue weighted by Gasteiger charge is -2.46. The fourth-order valence-corrected chi connectivity index (χ4v) is 8.37. The molecule has 5 nitrogen and oxygen atoms in total. The first kappa shape index (κ1) is 28.9. The lowest BCUT2D eigenvalue weighted by Crippen LogP contribution is -2.53. The van der Waals surface area contributed by atoms with Crippen molar-refractivity contribution in [3.63, 3.8) is 0 Å². The molecule has 40 heavy (non-hydrogen) atoms. The van der Waals surface area contributed by atoms with Crippen LogP contribution in [0.4, 0.5) is 0 Å². The molecule has 5 unspecified atom stereocenters. The van der Waals surface area contributed by atoms with Crippen LogP contribution in [0.2, 0.25) is 0 Å². The van der Waals surface area contributed by atoms with E-state index in [0.717, 1.165) is 66.6 Å². The average molecular weight is 560 g/mol. The quantitative estimate of drug-likeness (QED) is 0.312. The molecule has 2 aromatic rings. The largest absolute Gasteiger partial charge is 0.356 e. The van der Waals surface area contributed by atoms with Gasteiger partial charge in [-0.1, -0.05) is 74.0 Å². The van der Waals surface area contributed by atoms with Crippen molar-refractivity contribution in [1.82, 2.24) is 15.1 Å². The fourth-order valence-electron chi connectivity index (χ4n) is 6.95. The number of nitrogens with one attached hydrogen (secondary N) is 1. The van der Waals surface area contributed by atoms with Gasteiger partial charge in [0.15, 0.2) is 0 Å². The molecular weight excluding hydrogens is 514 g/mol. The number of amides is 2. The van der Waals surface area contributed by atoms with Crippen LogP contribution in [0.15, 0.2) is 59.5 Å². The molecule has 3 fully saturated rings. The highest BCUT2D eigenvalue weighted by atomic mass is 32.2. The molecule has 2 aliphatic heterocycles. The van der Waals surface area contributed by atoms with Crippen molar-refractivity contribution < 1.29 is 9.59 Å². The van der Waals surface area contributed by atoms with Gasteiger partial charge in [-0.15, -0.1) is 11.8 Å². The summed E-state index contributed by atoms with van der Waals surface area (Å²) in [6.07, 6.45) is 6.91. The number of aryl methyl sites for hydroxylation is 1. The van der Waals surface area contributed by atoms with Gasteiger partial charge >= 0.3 is 0 Å². The summed E-state index contributed by atoms with van der Waals surface area (Å²) in [7, 11) is 0. The molecule has 0 aromatic heterocycles. The van der Waals surface area contributed by atoms with Gasteiger partial charge in [0, 0.05) is 43.4 Å². The molecule has 1 N–H and O–H groups in total. The van der Waals surface area contributed by atoms with E-state index >= 15 is 0 Å². The van der Waals surface area contributed by atoms with E-state index in [-0.39, 0.29) is 23.8 Å². The second kappa shape index (κ2) is 13.4. The number of nitrogens with zero attached hydrogens (tertiary/aromatic N) is 2. The molecular formula is C34H45N3O2S. The zero-order valence-corrected chi connectivity index (χ0v) is 25.2. The lowest BCUT2D eigenvalue weighted by molar-refractivity contribution is -0.133. The van der Waals surface area contributed by atoms with Crippen LogP contribution in [-0.4, -0.2) is 59.1 Å². The average Bonchev–Trinajstić information content (AvgIpc) is 2.93.